The van der Waals surface area contributed by atoms with Crippen LogP contribution in [0.3, 0.4) is 0 Å². The molecule has 16 heavy (non-hydrogen) atoms. The first kappa shape index (κ1) is 10.0. The molecule has 0 amide bonds. The Morgan fingerprint density at radius 3 is 2.88 bits per heavy atom. The van der Waals surface area contributed by atoms with Gasteiger partial charge in [0.2, 0.25) is 0 Å². The smallest absolute Gasteiger partial charge is 0.0665 e. The van der Waals surface area contributed by atoms with E-state index >= 15 is 0 Å². The van der Waals surface area contributed by atoms with E-state index in [2.05, 4.69) is 30.1 Å². The number of hydrogen-bond acceptors (Lipinski definition) is 2. The zero-order valence-corrected chi connectivity index (χ0v) is 9.70. The second-order valence-electron chi connectivity index (χ2n) is 4.80. The Labute approximate surface area is 96.3 Å². The summed E-state index contributed by atoms with van der Waals surface area (Å²) in [5.74, 6) is 0.694. The normalized spacial score (nSPS) is 20.7. The molecule has 1 fully saturated rings. The van der Waals surface area contributed by atoms with E-state index in [0.29, 0.717) is 5.92 Å². The summed E-state index contributed by atoms with van der Waals surface area (Å²) < 4.78 is 5.41. The first-order valence-corrected chi connectivity index (χ1v) is 6.07. The Morgan fingerprint density at radius 2 is 2.06 bits per heavy atom. The maximum absolute atomic E-state index is 5.41. The molecule has 84 valence electrons. The molecule has 0 bridgehead atoms. The van der Waals surface area contributed by atoms with E-state index in [1.807, 2.05) is 0 Å². The average molecular weight is 215 g/mol. The van der Waals surface area contributed by atoms with E-state index in [4.69, 9.17) is 4.74 Å². The minimum atomic E-state index is 0.694. The van der Waals surface area contributed by atoms with Crippen LogP contribution in [0.15, 0.2) is 23.2 Å². The maximum Gasteiger partial charge on any atom is 0.0665 e. The summed E-state index contributed by atoms with van der Waals surface area (Å²) in [6.07, 6.45) is 3.36. The lowest BCUT2D eigenvalue weighted by atomic mass is 9.90. The lowest BCUT2D eigenvalue weighted by Gasteiger charge is -2.22. The maximum atomic E-state index is 5.41. The highest BCUT2D eigenvalue weighted by Gasteiger charge is 2.18. The third kappa shape index (κ3) is 1.78. The molecule has 2 heteroatoms. The van der Waals surface area contributed by atoms with Crippen molar-refractivity contribution in [3.63, 3.8) is 0 Å². The van der Waals surface area contributed by atoms with Crippen molar-refractivity contribution in [1.29, 1.82) is 0 Å². The molecule has 1 saturated heterocycles. The van der Waals surface area contributed by atoms with E-state index < -0.39 is 0 Å². The Morgan fingerprint density at radius 1 is 1.25 bits per heavy atom. The average Bonchev–Trinajstić information content (AvgIpc) is 2.69. The first-order valence-electron chi connectivity index (χ1n) is 6.07. The number of aliphatic imine (C=N–C) groups is 1. The van der Waals surface area contributed by atoms with Crippen LogP contribution in [0, 0.1) is 0 Å². The quantitative estimate of drug-likeness (QED) is 0.704. The zero-order valence-electron chi connectivity index (χ0n) is 9.70. The molecule has 0 N–H and O–H groups in total. The number of ether oxygens (including phenoxy) is 1. The van der Waals surface area contributed by atoms with Gasteiger partial charge in [0, 0.05) is 25.3 Å². The third-order valence-electron chi connectivity index (χ3n) is 3.55. The topological polar surface area (TPSA) is 21.6 Å². The highest BCUT2D eigenvalue weighted by Crippen LogP contribution is 2.33. The SMILES string of the molecule is CC1=Nc2ccc(C3CCOCC3)cc2C1. The molecule has 0 radical (unpaired) electrons. The molecule has 1 aromatic carbocycles. The van der Waals surface area contributed by atoms with Crippen LogP contribution in [0.25, 0.3) is 0 Å². The van der Waals surface area contributed by atoms with E-state index in [0.717, 1.165) is 19.6 Å². The van der Waals surface area contributed by atoms with Crippen molar-refractivity contribution in [3.05, 3.63) is 29.3 Å². The van der Waals surface area contributed by atoms with Gasteiger partial charge in [0.05, 0.1) is 5.69 Å². The number of hydrogen-bond donors (Lipinski definition) is 0. The summed E-state index contributed by atoms with van der Waals surface area (Å²) >= 11 is 0. The molecule has 2 nitrogen and oxygen atoms in total. The molecule has 0 aliphatic carbocycles. The van der Waals surface area contributed by atoms with Gasteiger partial charge in [-0.2, -0.15) is 0 Å². The number of nitrogens with zero attached hydrogens (tertiary/aromatic N) is 1. The van der Waals surface area contributed by atoms with Crippen LogP contribution < -0.4 is 0 Å². The fourth-order valence-corrected chi connectivity index (χ4v) is 2.66. The number of benzene rings is 1. The van der Waals surface area contributed by atoms with Crippen LogP contribution in [0.4, 0.5) is 5.69 Å². The van der Waals surface area contributed by atoms with Gasteiger partial charge in [-0.3, -0.25) is 4.99 Å². The molecule has 2 heterocycles. The van der Waals surface area contributed by atoms with Gasteiger partial charge in [-0.1, -0.05) is 12.1 Å². The van der Waals surface area contributed by atoms with Crippen LogP contribution in [-0.2, 0) is 11.2 Å². The molecule has 0 saturated carbocycles. The van der Waals surface area contributed by atoms with Crippen LogP contribution in [0.2, 0.25) is 0 Å². The van der Waals surface area contributed by atoms with Crippen molar-refractivity contribution in [2.45, 2.75) is 32.1 Å². The first-order chi connectivity index (χ1) is 7.83. The Hall–Kier alpha value is -1.15. The number of rotatable bonds is 1. The Balaban J connectivity index is 1.86. The predicted molar refractivity (Wildman–Crippen MR) is 65.7 cm³/mol. The van der Waals surface area contributed by atoms with E-state index in [9.17, 15) is 0 Å². The van der Waals surface area contributed by atoms with Crippen LogP contribution in [-0.4, -0.2) is 18.9 Å². The highest BCUT2D eigenvalue weighted by molar-refractivity contribution is 5.92. The summed E-state index contributed by atoms with van der Waals surface area (Å²) in [7, 11) is 0. The van der Waals surface area contributed by atoms with Gasteiger partial charge in [0.15, 0.2) is 0 Å². The summed E-state index contributed by atoms with van der Waals surface area (Å²) in [6, 6.07) is 6.78. The molecule has 0 atom stereocenters. The molecular weight excluding hydrogens is 198 g/mol. The molecule has 2 aliphatic heterocycles. The monoisotopic (exact) mass is 215 g/mol. The lowest BCUT2D eigenvalue weighted by molar-refractivity contribution is 0.0853. The predicted octanol–water partition coefficient (Wildman–Crippen LogP) is 3.23. The summed E-state index contributed by atoms with van der Waals surface area (Å²) in [6.45, 7) is 3.93. The largest absolute Gasteiger partial charge is 0.381 e. The summed E-state index contributed by atoms with van der Waals surface area (Å²) in [4.78, 5) is 4.53. The van der Waals surface area contributed by atoms with Gasteiger partial charge in [-0.05, 0) is 42.9 Å². The van der Waals surface area contributed by atoms with Gasteiger partial charge < -0.3 is 4.74 Å². The molecule has 3 rings (SSSR count). The lowest BCUT2D eigenvalue weighted by Crippen LogP contribution is -2.14. The molecule has 0 aromatic heterocycles. The van der Waals surface area contributed by atoms with Gasteiger partial charge in [-0.25, -0.2) is 0 Å². The van der Waals surface area contributed by atoms with Crippen molar-refractivity contribution in [2.75, 3.05) is 13.2 Å². The summed E-state index contributed by atoms with van der Waals surface area (Å²) in [5, 5.41) is 0. The minimum absolute atomic E-state index is 0.694. The van der Waals surface area contributed by atoms with Crippen molar-refractivity contribution >= 4 is 11.4 Å². The second-order valence-corrected chi connectivity index (χ2v) is 4.80. The fourth-order valence-electron chi connectivity index (χ4n) is 2.66. The standard InChI is InChI=1S/C14H17NO/c1-10-8-13-9-12(2-3-14(13)15-10)11-4-6-16-7-5-11/h2-3,9,11H,4-8H2,1H3. The van der Waals surface area contributed by atoms with Crippen LogP contribution >= 0.6 is 0 Å². The van der Waals surface area contributed by atoms with Crippen LogP contribution in [0.5, 0.6) is 0 Å². The Kier molecular flexibility index (Phi) is 2.52. The van der Waals surface area contributed by atoms with Crippen molar-refractivity contribution in [3.8, 4) is 0 Å². The van der Waals surface area contributed by atoms with E-state index in [1.54, 1.807) is 0 Å². The number of fused-ring (bicyclic) bond motifs is 1. The van der Waals surface area contributed by atoms with Crippen molar-refractivity contribution in [2.24, 2.45) is 4.99 Å². The van der Waals surface area contributed by atoms with Gasteiger partial charge >= 0.3 is 0 Å². The van der Waals surface area contributed by atoms with Gasteiger partial charge in [-0.15, -0.1) is 0 Å². The highest BCUT2D eigenvalue weighted by atomic mass is 16.5. The van der Waals surface area contributed by atoms with Crippen LogP contribution in [0.1, 0.15) is 36.8 Å². The van der Waals surface area contributed by atoms with Gasteiger partial charge in [0.25, 0.3) is 0 Å². The molecule has 2 aliphatic rings. The molecule has 0 unspecified atom stereocenters. The molecule has 0 spiro atoms. The molecular formula is C14H17NO. The third-order valence-corrected chi connectivity index (χ3v) is 3.55. The second kappa shape index (κ2) is 4.02. The zero-order chi connectivity index (χ0) is 11.0. The summed E-state index contributed by atoms with van der Waals surface area (Å²) in [5.41, 5.74) is 5.29. The van der Waals surface area contributed by atoms with E-state index in [1.165, 1.54) is 35.4 Å². The molecule has 1 aromatic rings. The van der Waals surface area contributed by atoms with Crippen molar-refractivity contribution < 1.29 is 4.74 Å². The minimum Gasteiger partial charge on any atom is -0.381 e. The van der Waals surface area contributed by atoms with E-state index in [-0.39, 0.29) is 0 Å². The Bertz CT molecular complexity index is 430. The van der Waals surface area contributed by atoms with Gasteiger partial charge in [0.1, 0.15) is 0 Å². The van der Waals surface area contributed by atoms with Crippen molar-refractivity contribution in [1.82, 2.24) is 0 Å². The fraction of sp³-hybridized carbons (Fsp3) is 0.500.